The number of hydrogen-bond acceptors (Lipinski definition) is 3. The lowest BCUT2D eigenvalue weighted by atomic mass is 10.3. The van der Waals surface area contributed by atoms with E-state index in [0.29, 0.717) is 0 Å². The van der Waals surface area contributed by atoms with Crippen molar-refractivity contribution >= 4 is 6.16 Å². The van der Waals surface area contributed by atoms with Crippen LogP contribution >= 0.6 is 0 Å². The summed E-state index contributed by atoms with van der Waals surface area (Å²) in [6, 6.07) is 8.20. The minimum Gasteiger partial charge on any atom is -0.514 e. The van der Waals surface area contributed by atoms with Gasteiger partial charge in [-0.05, 0) is 12.1 Å². The summed E-state index contributed by atoms with van der Waals surface area (Å²) in [5.41, 5.74) is 0. The van der Waals surface area contributed by atoms with Crippen molar-refractivity contribution in [1.29, 1.82) is 0 Å². The Kier molecular flexibility index (Phi) is 1.89. The summed E-state index contributed by atoms with van der Waals surface area (Å²) >= 11 is 0. The Bertz CT molecular complexity index is 218. The molecular formula is C7H5O3-. The molecule has 1 aromatic carbocycles. The molecule has 0 aromatic heterocycles. The van der Waals surface area contributed by atoms with Crippen molar-refractivity contribution in [3.63, 3.8) is 0 Å². The first-order valence-corrected chi connectivity index (χ1v) is 2.73. The fourth-order valence-electron chi connectivity index (χ4n) is 0.585. The zero-order valence-electron chi connectivity index (χ0n) is 5.11. The third kappa shape index (κ3) is 1.78. The lowest BCUT2D eigenvalue weighted by Crippen LogP contribution is -2.26. The van der Waals surface area contributed by atoms with Crippen LogP contribution in [0.4, 0.5) is 4.79 Å². The van der Waals surface area contributed by atoms with Gasteiger partial charge in [0.25, 0.3) is 6.16 Å². The molecule has 0 N–H and O–H groups in total. The van der Waals surface area contributed by atoms with Gasteiger partial charge in [-0.3, -0.25) is 0 Å². The van der Waals surface area contributed by atoms with Crippen molar-refractivity contribution in [3.8, 4) is 5.75 Å². The maximum absolute atomic E-state index is 9.84. The van der Waals surface area contributed by atoms with Gasteiger partial charge in [0.2, 0.25) is 0 Å². The molecule has 0 aliphatic heterocycles. The van der Waals surface area contributed by atoms with Crippen LogP contribution in [0.3, 0.4) is 0 Å². The molecule has 10 heavy (non-hydrogen) atoms. The van der Waals surface area contributed by atoms with E-state index in [2.05, 4.69) is 4.74 Å². The van der Waals surface area contributed by atoms with E-state index in [1.807, 2.05) is 0 Å². The van der Waals surface area contributed by atoms with Crippen LogP contribution in [0.15, 0.2) is 30.3 Å². The van der Waals surface area contributed by atoms with E-state index in [-0.39, 0.29) is 5.75 Å². The van der Waals surface area contributed by atoms with Crippen LogP contribution in [0.1, 0.15) is 0 Å². The van der Waals surface area contributed by atoms with Crippen LogP contribution in [0.5, 0.6) is 5.75 Å². The Hall–Kier alpha value is -1.51. The minimum atomic E-state index is -1.54. The molecule has 0 radical (unpaired) electrons. The van der Waals surface area contributed by atoms with Gasteiger partial charge in [0, 0.05) is 0 Å². The summed E-state index contributed by atoms with van der Waals surface area (Å²) in [5.74, 6) is 0.280. The second kappa shape index (κ2) is 2.87. The molecule has 0 amide bonds. The van der Waals surface area contributed by atoms with E-state index < -0.39 is 6.16 Å². The standard InChI is InChI=1S/C7H6O3/c8-7(9)10-6-4-2-1-3-5-6/h1-5H,(H,8,9)/p-1. The normalized spacial score (nSPS) is 8.80. The highest BCUT2D eigenvalue weighted by Crippen LogP contribution is 2.06. The Balaban J connectivity index is 2.67. The first-order chi connectivity index (χ1) is 4.79. The molecule has 0 spiro atoms. The fourth-order valence-corrected chi connectivity index (χ4v) is 0.585. The molecule has 0 saturated heterocycles. The smallest absolute Gasteiger partial charge is 0.257 e. The molecule has 3 nitrogen and oxygen atoms in total. The van der Waals surface area contributed by atoms with Gasteiger partial charge in [-0.25, -0.2) is 0 Å². The predicted octanol–water partition coefficient (Wildman–Crippen LogP) is 0.409. The van der Waals surface area contributed by atoms with Gasteiger partial charge in [-0.2, -0.15) is 0 Å². The van der Waals surface area contributed by atoms with Gasteiger partial charge in [0.15, 0.2) is 0 Å². The SMILES string of the molecule is O=C([O-])Oc1ccccc1. The molecule has 0 atom stereocenters. The van der Waals surface area contributed by atoms with Crippen LogP contribution < -0.4 is 9.84 Å². The van der Waals surface area contributed by atoms with E-state index in [0.717, 1.165) is 0 Å². The lowest BCUT2D eigenvalue weighted by Gasteiger charge is -2.05. The van der Waals surface area contributed by atoms with E-state index in [4.69, 9.17) is 0 Å². The highest BCUT2D eigenvalue weighted by Gasteiger charge is 1.85. The van der Waals surface area contributed by atoms with Crippen molar-refractivity contribution in [1.82, 2.24) is 0 Å². The molecule has 0 fully saturated rings. The van der Waals surface area contributed by atoms with Crippen molar-refractivity contribution in [2.45, 2.75) is 0 Å². The van der Waals surface area contributed by atoms with E-state index >= 15 is 0 Å². The van der Waals surface area contributed by atoms with Crippen molar-refractivity contribution in [2.75, 3.05) is 0 Å². The molecule has 1 rings (SSSR count). The number of ether oxygens (including phenoxy) is 1. The highest BCUT2D eigenvalue weighted by molar-refractivity contribution is 5.58. The van der Waals surface area contributed by atoms with Crippen molar-refractivity contribution in [3.05, 3.63) is 30.3 Å². The van der Waals surface area contributed by atoms with Gasteiger partial charge in [-0.1, -0.05) is 18.2 Å². The van der Waals surface area contributed by atoms with Crippen LogP contribution in [0.25, 0.3) is 0 Å². The molecule has 0 aliphatic carbocycles. The number of carbonyl (C=O) groups excluding carboxylic acids is 1. The second-order valence-electron chi connectivity index (χ2n) is 1.67. The number of hydrogen-bond donors (Lipinski definition) is 0. The van der Waals surface area contributed by atoms with E-state index in [9.17, 15) is 9.90 Å². The number of rotatable bonds is 1. The van der Waals surface area contributed by atoms with Gasteiger partial charge >= 0.3 is 0 Å². The third-order valence-electron chi connectivity index (χ3n) is 0.944. The first kappa shape index (κ1) is 6.61. The topological polar surface area (TPSA) is 49.4 Å². The molecule has 1 aromatic rings. The summed E-state index contributed by atoms with van der Waals surface area (Å²) in [7, 11) is 0. The van der Waals surface area contributed by atoms with Gasteiger partial charge < -0.3 is 14.6 Å². The van der Waals surface area contributed by atoms with Crippen LogP contribution in [-0.4, -0.2) is 6.16 Å². The molecule has 0 aliphatic rings. The van der Waals surface area contributed by atoms with Gasteiger partial charge in [0.05, 0.1) is 5.75 Å². The molecule has 52 valence electrons. The number of carboxylic acid groups (broad SMARTS) is 1. The molecule has 0 bridgehead atoms. The zero-order valence-corrected chi connectivity index (χ0v) is 5.11. The van der Waals surface area contributed by atoms with Crippen LogP contribution in [0.2, 0.25) is 0 Å². The largest absolute Gasteiger partial charge is 0.514 e. The summed E-state index contributed by atoms with van der Waals surface area (Å²) in [6.07, 6.45) is -1.54. The minimum absolute atomic E-state index is 0.280. The maximum Gasteiger partial charge on any atom is 0.257 e. The Labute approximate surface area is 57.9 Å². The zero-order chi connectivity index (χ0) is 7.40. The maximum atomic E-state index is 9.84. The van der Waals surface area contributed by atoms with Crippen LogP contribution in [-0.2, 0) is 0 Å². The predicted molar refractivity (Wildman–Crippen MR) is 32.5 cm³/mol. The second-order valence-corrected chi connectivity index (χ2v) is 1.67. The molecule has 0 unspecified atom stereocenters. The molecule has 3 heteroatoms. The van der Waals surface area contributed by atoms with Crippen molar-refractivity contribution in [2.24, 2.45) is 0 Å². The Morgan fingerprint density at radius 2 is 1.90 bits per heavy atom. The fraction of sp³-hybridized carbons (Fsp3) is 0. The molecule has 0 heterocycles. The number of para-hydroxylation sites is 1. The monoisotopic (exact) mass is 137 g/mol. The highest BCUT2D eigenvalue weighted by atomic mass is 16.7. The average molecular weight is 137 g/mol. The van der Waals surface area contributed by atoms with Gasteiger partial charge in [0.1, 0.15) is 0 Å². The quantitative estimate of drug-likeness (QED) is 0.416. The summed E-state index contributed by atoms with van der Waals surface area (Å²) in [5, 5.41) is 9.84. The van der Waals surface area contributed by atoms with E-state index in [1.54, 1.807) is 18.2 Å². The lowest BCUT2D eigenvalue weighted by molar-refractivity contribution is -0.271. The third-order valence-corrected chi connectivity index (χ3v) is 0.944. The number of carbonyl (C=O) groups is 1. The first-order valence-electron chi connectivity index (χ1n) is 2.73. The van der Waals surface area contributed by atoms with Crippen molar-refractivity contribution < 1.29 is 14.6 Å². The average Bonchev–Trinajstić information content (AvgIpc) is 1.88. The Morgan fingerprint density at radius 1 is 1.30 bits per heavy atom. The summed E-state index contributed by atoms with van der Waals surface area (Å²) in [4.78, 5) is 9.84. The van der Waals surface area contributed by atoms with Crippen LogP contribution in [0, 0.1) is 0 Å². The summed E-state index contributed by atoms with van der Waals surface area (Å²) < 4.78 is 4.22. The number of benzene rings is 1. The van der Waals surface area contributed by atoms with E-state index in [1.165, 1.54) is 12.1 Å². The van der Waals surface area contributed by atoms with Gasteiger partial charge in [-0.15, -0.1) is 0 Å². The summed E-state index contributed by atoms with van der Waals surface area (Å²) in [6.45, 7) is 0. The Morgan fingerprint density at radius 3 is 2.40 bits per heavy atom. The molecular weight excluding hydrogens is 132 g/mol. The molecule has 0 saturated carbocycles.